The van der Waals surface area contributed by atoms with Gasteiger partial charge in [0.2, 0.25) is 5.91 Å². The van der Waals surface area contributed by atoms with Crippen molar-refractivity contribution in [2.75, 3.05) is 18.4 Å². The Morgan fingerprint density at radius 1 is 1.57 bits per heavy atom. The molecule has 0 aliphatic carbocycles. The Labute approximate surface area is 129 Å². The molecule has 1 aromatic heterocycles. The molecule has 2 aromatic rings. The number of fused-ring (bicyclic) bond motifs is 1. The van der Waals surface area contributed by atoms with Crippen molar-refractivity contribution in [3.05, 3.63) is 23.7 Å². The summed E-state index contributed by atoms with van der Waals surface area (Å²) in [5, 5.41) is 6.42. The van der Waals surface area contributed by atoms with Gasteiger partial charge in [-0.25, -0.2) is 4.98 Å². The molecule has 1 aliphatic heterocycles. The van der Waals surface area contributed by atoms with Crippen molar-refractivity contribution in [2.24, 2.45) is 11.8 Å². The summed E-state index contributed by atoms with van der Waals surface area (Å²) in [7, 11) is 0. The van der Waals surface area contributed by atoms with E-state index >= 15 is 0 Å². The average Bonchev–Trinajstić information content (AvgIpc) is 2.95. The lowest BCUT2D eigenvalue weighted by atomic mass is 9.85. The van der Waals surface area contributed by atoms with Crippen LogP contribution >= 0.6 is 11.3 Å². The first-order valence-corrected chi connectivity index (χ1v) is 8.44. The standard InChI is InChI=1S/C16H21N3OS/c1-11(12-3-2-6-17-9-12)7-16(20)19-13-4-5-15-14(8-13)18-10-21-15/h4-5,8,10-12,17H,2-3,6-7,9H2,1H3,(H,19,20). The van der Waals surface area contributed by atoms with E-state index < -0.39 is 0 Å². The maximum absolute atomic E-state index is 12.2. The molecule has 3 rings (SSSR count). The van der Waals surface area contributed by atoms with Crippen LogP contribution in [-0.2, 0) is 4.79 Å². The zero-order chi connectivity index (χ0) is 14.7. The minimum absolute atomic E-state index is 0.0997. The molecular formula is C16H21N3OS. The molecule has 0 saturated carbocycles. The van der Waals surface area contributed by atoms with Crippen LogP contribution in [0.2, 0.25) is 0 Å². The molecule has 0 radical (unpaired) electrons. The third-order valence-corrected chi connectivity index (χ3v) is 5.07. The highest BCUT2D eigenvalue weighted by Gasteiger charge is 2.22. The van der Waals surface area contributed by atoms with E-state index in [-0.39, 0.29) is 5.91 Å². The van der Waals surface area contributed by atoms with Crippen molar-refractivity contribution in [1.82, 2.24) is 10.3 Å². The summed E-state index contributed by atoms with van der Waals surface area (Å²) in [5.74, 6) is 1.13. The third-order valence-electron chi connectivity index (χ3n) is 4.26. The lowest BCUT2D eigenvalue weighted by molar-refractivity contribution is -0.117. The molecule has 2 unspecified atom stereocenters. The SMILES string of the molecule is CC(CC(=O)Nc1ccc2scnc2c1)C1CCCNC1. The zero-order valence-electron chi connectivity index (χ0n) is 12.3. The van der Waals surface area contributed by atoms with Crippen LogP contribution in [0, 0.1) is 11.8 Å². The first-order chi connectivity index (χ1) is 10.2. The van der Waals surface area contributed by atoms with E-state index in [0.29, 0.717) is 18.3 Å². The summed E-state index contributed by atoms with van der Waals surface area (Å²) in [6.45, 7) is 4.34. The number of amides is 1. The molecule has 1 aromatic carbocycles. The number of carbonyl (C=O) groups is 1. The van der Waals surface area contributed by atoms with Crippen LogP contribution in [0.5, 0.6) is 0 Å². The molecule has 21 heavy (non-hydrogen) atoms. The smallest absolute Gasteiger partial charge is 0.224 e. The van der Waals surface area contributed by atoms with Gasteiger partial charge in [-0.15, -0.1) is 11.3 Å². The molecule has 1 aliphatic rings. The van der Waals surface area contributed by atoms with E-state index in [1.807, 2.05) is 23.7 Å². The highest BCUT2D eigenvalue weighted by atomic mass is 32.1. The van der Waals surface area contributed by atoms with E-state index in [4.69, 9.17) is 0 Å². The molecule has 1 amide bonds. The second-order valence-corrected chi connectivity index (χ2v) is 6.76. The van der Waals surface area contributed by atoms with Gasteiger partial charge in [0.05, 0.1) is 15.7 Å². The molecule has 112 valence electrons. The number of benzene rings is 1. The second-order valence-electron chi connectivity index (χ2n) is 5.87. The van der Waals surface area contributed by atoms with Crippen LogP contribution in [0.1, 0.15) is 26.2 Å². The molecule has 5 heteroatoms. The third kappa shape index (κ3) is 3.60. The van der Waals surface area contributed by atoms with E-state index in [1.54, 1.807) is 11.3 Å². The number of rotatable bonds is 4. The van der Waals surface area contributed by atoms with Crippen LogP contribution < -0.4 is 10.6 Å². The van der Waals surface area contributed by atoms with Crippen LogP contribution in [0.4, 0.5) is 5.69 Å². The molecule has 0 bridgehead atoms. The van der Waals surface area contributed by atoms with E-state index in [0.717, 1.165) is 29.0 Å². The lowest BCUT2D eigenvalue weighted by Crippen LogP contribution is -2.34. The number of aromatic nitrogens is 1. The monoisotopic (exact) mass is 303 g/mol. The fraction of sp³-hybridized carbons (Fsp3) is 0.500. The number of hydrogen-bond acceptors (Lipinski definition) is 4. The highest BCUT2D eigenvalue weighted by molar-refractivity contribution is 7.16. The molecular weight excluding hydrogens is 282 g/mol. The Bertz CT molecular complexity index is 619. The molecule has 2 atom stereocenters. The van der Waals surface area contributed by atoms with Gasteiger partial charge in [0, 0.05) is 12.1 Å². The summed E-state index contributed by atoms with van der Waals surface area (Å²) >= 11 is 1.61. The minimum Gasteiger partial charge on any atom is -0.326 e. The van der Waals surface area contributed by atoms with Crippen molar-refractivity contribution in [3.8, 4) is 0 Å². The van der Waals surface area contributed by atoms with Gasteiger partial charge in [0.25, 0.3) is 0 Å². The lowest BCUT2D eigenvalue weighted by Gasteiger charge is -2.28. The topological polar surface area (TPSA) is 54.0 Å². The maximum Gasteiger partial charge on any atom is 0.224 e. The molecule has 0 spiro atoms. The van der Waals surface area contributed by atoms with Gasteiger partial charge in [-0.2, -0.15) is 0 Å². The van der Waals surface area contributed by atoms with Gasteiger partial charge >= 0.3 is 0 Å². The molecule has 1 fully saturated rings. The van der Waals surface area contributed by atoms with Crippen LogP contribution in [-0.4, -0.2) is 24.0 Å². The number of nitrogens with zero attached hydrogens (tertiary/aromatic N) is 1. The quantitative estimate of drug-likeness (QED) is 0.911. The number of carbonyl (C=O) groups excluding carboxylic acids is 1. The second kappa shape index (κ2) is 6.54. The van der Waals surface area contributed by atoms with Crippen LogP contribution in [0.15, 0.2) is 23.7 Å². The van der Waals surface area contributed by atoms with Gasteiger partial charge in [0.1, 0.15) is 0 Å². The fourth-order valence-electron chi connectivity index (χ4n) is 2.97. The Kier molecular flexibility index (Phi) is 4.51. The van der Waals surface area contributed by atoms with Crippen LogP contribution in [0.3, 0.4) is 0 Å². The Morgan fingerprint density at radius 2 is 2.48 bits per heavy atom. The number of piperidine rings is 1. The van der Waals surface area contributed by atoms with E-state index in [1.165, 1.54) is 12.8 Å². The van der Waals surface area contributed by atoms with E-state index in [9.17, 15) is 4.79 Å². The first-order valence-electron chi connectivity index (χ1n) is 7.56. The molecule has 2 N–H and O–H groups in total. The first kappa shape index (κ1) is 14.5. The largest absolute Gasteiger partial charge is 0.326 e. The maximum atomic E-state index is 12.2. The normalized spacial score (nSPS) is 20.3. The molecule has 2 heterocycles. The predicted octanol–water partition coefficient (Wildman–Crippen LogP) is 3.26. The van der Waals surface area contributed by atoms with Crippen molar-refractivity contribution in [2.45, 2.75) is 26.2 Å². The fourth-order valence-corrected chi connectivity index (χ4v) is 3.63. The van der Waals surface area contributed by atoms with Crippen LogP contribution in [0.25, 0.3) is 10.2 Å². The summed E-state index contributed by atoms with van der Waals surface area (Å²) in [5.41, 5.74) is 3.61. The van der Waals surface area contributed by atoms with Crippen molar-refractivity contribution >= 4 is 33.1 Å². The predicted molar refractivity (Wildman–Crippen MR) is 87.6 cm³/mol. The van der Waals surface area contributed by atoms with Gasteiger partial charge < -0.3 is 10.6 Å². The minimum atomic E-state index is 0.0997. The summed E-state index contributed by atoms with van der Waals surface area (Å²) in [4.78, 5) is 16.5. The van der Waals surface area contributed by atoms with Crippen molar-refractivity contribution in [1.29, 1.82) is 0 Å². The summed E-state index contributed by atoms with van der Waals surface area (Å²) in [6, 6.07) is 5.90. The van der Waals surface area contributed by atoms with Gasteiger partial charge in [-0.1, -0.05) is 6.92 Å². The zero-order valence-corrected chi connectivity index (χ0v) is 13.1. The number of hydrogen-bond donors (Lipinski definition) is 2. The average molecular weight is 303 g/mol. The van der Waals surface area contributed by atoms with Gasteiger partial charge in [0.15, 0.2) is 0 Å². The van der Waals surface area contributed by atoms with Crippen molar-refractivity contribution in [3.63, 3.8) is 0 Å². The number of thiazole rings is 1. The summed E-state index contributed by atoms with van der Waals surface area (Å²) < 4.78 is 1.15. The molecule has 1 saturated heterocycles. The van der Waals surface area contributed by atoms with E-state index in [2.05, 4.69) is 22.5 Å². The van der Waals surface area contributed by atoms with Gasteiger partial charge in [-0.05, 0) is 56.0 Å². The Morgan fingerprint density at radius 3 is 3.29 bits per heavy atom. The number of nitrogens with one attached hydrogen (secondary N) is 2. The number of anilines is 1. The highest BCUT2D eigenvalue weighted by Crippen LogP contribution is 2.24. The Balaban J connectivity index is 1.57. The van der Waals surface area contributed by atoms with Gasteiger partial charge in [-0.3, -0.25) is 4.79 Å². The Hall–Kier alpha value is -1.46. The van der Waals surface area contributed by atoms with Crippen molar-refractivity contribution < 1.29 is 4.79 Å². The summed E-state index contributed by atoms with van der Waals surface area (Å²) in [6.07, 6.45) is 3.03. The molecule has 4 nitrogen and oxygen atoms in total.